The monoisotopic (exact) mass is 349 g/mol. The summed E-state index contributed by atoms with van der Waals surface area (Å²) >= 11 is 5.83. The first-order valence-corrected chi connectivity index (χ1v) is 6.89. The third kappa shape index (κ3) is 8.19. The van der Waals surface area contributed by atoms with Crippen LogP contribution in [0.25, 0.3) is 0 Å². The van der Waals surface area contributed by atoms with E-state index in [9.17, 15) is 9.59 Å². The van der Waals surface area contributed by atoms with Crippen LogP contribution in [0.3, 0.4) is 0 Å². The number of hydrogen-bond acceptors (Lipinski definition) is 4. The summed E-state index contributed by atoms with van der Waals surface area (Å²) in [5.74, 6) is -0.433. The zero-order valence-electron chi connectivity index (χ0n) is 12.6. The summed E-state index contributed by atoms with van der Waals surface area (Å²) in [6.07, 6.45) is 0. The summed E-state index contributed by atoms with van der Waals surface area (Å²) in [6, 6.07) is 6.84. The van der Waals surface area contributed by atoms with Gasteiger partial charge in [-0.1, -0.05) is 17.7 Å². The van der Waals surface area contributed by atoms with Gasteiger partial charge >= 0.3 is 0 Å². The lowest BCUT2D eigenvalue weighted by atomic mass is 10.3. The SMILES string of the molecule is COCCNCC(=O)N(C)CC(=O)Nc1cccc(Cl)c1.Cl. The molecule has 0 aliphatic heterocycles. The van der Waals surface area contributed by atoms with E-state index in [0.717, 1.165) is 0 Å². The number of rotatable bonds is 8. The van der Waals surface area contributed by atoms with Crippen molar-refractivity contribution >= 4 is 41.5 Å². The molecule has 0 aromatic heterocycles. The number of anilines is 1. The zero-order valence-corrected chi connectivity index (χ0v) is 14.2. The maximum Gasteiger partial charge on any atom is 0.243 e. The van der Waals surface area contributed by atoms with Crippen molar-refractivity contribution in [2.24, 2.45) is 0 Å². The van der Waals surface area contributed by atoms with Crippen LogP contribution in [-0.2, 0) is 14.3 Å². The van der Waals surface area contributed by atoms with Crippen LogP contribution < -0.4 is 10.6 Å². The van der Waals surface area contributed by atoms with Crippen molar-refractivity contribution in [2.75, 3.05) is 45.7 Å². The van der Waals surface area contributed by atoms with Crippen molar-refractivity contribution in [3.05, 3.63) is 29.3 Å². The fraction of sp³-hybridized carbons (Fsp3) is 0.429. The number of likely N-dealkylation sites (N-methyl/N-ethyl adjacent to an activating group) is 1. The van der Waals surface area contributed by atoms with E-state index in [1.165, 1.54) is 4.90 Å². The van der Waals surface area contributed by atoms with Gasteiger partial charge in [0.15, 0.2) is 0 Å². The van der Waals surface area contributed by atoms with Gasteiger partial charge in [-0.3, -0.25) is 9.59 Å². The van der Waals surface area contributed by atoms with Crippen molar-refractivity contribution in [2.45, 2.75) is 0 Å². The summed E-state index contributed by atoms with van der Waals surface area (Å²) in [7, 11) is 3.17. The predicted octanol–water partition coefficient (Wildman–Crippen LogP) is 1.39. The Morgan fingerprint density at radius 3 is 2.73 bits per heavy atom. The molecule has 0 spiro atoms. The molecule has 2 amide bonds. The molecular formula is C14H21Cl2N3O3. The Kier molecular flexibility index (Phi) is 10.6. The van der Waals surface area contributed by atoms with Crippen LogP contribution in [0.4, 0.5) is 5.69 Å². The molecule has 0 heterocycles. The van der Waals surface area contributed by atoms with Crippen molar-refractivity contribution in [1.29, 1.82) is 0 Å². The van der Waals surface area contributed by atoms with Crippen molar-refractivity contribution in [3.63, 3.8) is 0 Å². The standard InChI is InChI=1S/C14H20ClN3O3.ClH/c1-18(14(20)9-16-6-7-21-2)10-13(19)17-12-5-3-4-11(15)8-12;/h3-5,8,16H,6-7,9-10H2,1-2H3,(H,17,19);1H. The average Bonchev–Trinajstić information content (AvgIpc) is 2.43. The second kappa shape index (κ2) is 11.3. The molecule has 0 atom stereocenters. The first kappa shape index (κ1) is 20.7. The highest BCUT2D eigenvalue weighted by Gasteiger charge is 2.12. The highest BCUT2D eigenvalue weighted by atomic mass is 35.5. The molecule has 1 aromatic carbocycles. The minimum absolute atomic E-state index is 0. The van der Waals surface area contributed by atoms with Crippen molar-refractivity contribution < 1.29 is 14.3 Å². The molecule has 0 aliphatic rings. The number of ether oxygens (including phenoxy) is 1. The molecule has 0 aliphatic carbocycles. The molecule has 0 unspecified atom stereocenters. The van der Waals surface area contributed by atoms with E-state index in [1.54, 1.807) is 38.4 Å². The third-order valence-electron chi connectivity index (χ3n) is 2.67. The van der Waals surface area contributed by atoms with Gasteiger partial charge in [-0.15, -0.1) is 12.4 Å². The van der Waals surface area contributed by atoms with Gasteiger partial charge in [-0.05, 0) is 18.2 Å². The molecule has 0 saturated carbocycles. The molecule has 124 valence electrons. The van der Waals surface area contributed by atoms with Crippen LogP contribution in [0.5, 0.6) is 0 Å². The summed E-state index contributed by atoms with van der Waals surface area (Å²) in [6.45, 7) is 1.28. The van der Waals surface area contributed by atoms with Gasteiger partial charge < -0.3 is 20.3 Å². The van der Waals surface area contributed by atoms with E-state index in [0.29, 0.717) is 23.9 Å². The van der Waals surface area contributed by atoms with Gasteiger partial charge in [0.2, 0.25) is 11.8 Å². The Balaban J connectivity index is 0.00000441. The number of hydrogen-bond donors (Lipinski definition) is 2. The number of carbonyl (C=O) groups is 2. The number of methoxy groups -OCH3 is 1. The normalized spacial score (nSPS) is 9.77. The molecule has 8 heteroatoms. The third-order valence-corrected chi connectivity index (χ3v) is 2.91. The molecule has 2 N–H and O–H groups in total. The summed E-state index contributed by atoms with van der Waals surface area (Å²) in [4.78, 5) is 25.0. The Morgan fingerprint density at radius 2 is 2.09 bits per heavy atom. The fourth-order valence-electron chi connectivity index (χ4n) is 1.57. The van der Waals surface area contributed by atoms with Crippen LogP contribution in [0.2, 0.25) is 5.02 Å². The quantitative estimate of drug-likeness (QED) is 0.696. The van der Waals surface area contributed by atoms with Gasteiger partial charge in [0.05, 0.1) is 19.7 Å². The number of amides is 2. The number of benzene rings is 1. The summed E-state index contributed by atoms with van der Waals surface area (Å²) in [5, 5.41) is 6.16. The van der Waals surface area contributed by atoms with Crippen LogP contribution in [0, 0.1) is 0 Å². The zero-order chi connectivity index (χ0) is 15.7. The van der Waals surface area contributed by atoms with Crippen LogP contribution >= 0.6 is 24.0 Å². The predicted molar refractivity (Wildman–Crippen MR) is 89.7 cm³/mol. The largest absolute Gasteiger partial charge is 0.383 e. The average molecular weight is 350 g/mol. The van der Waals surface area contributed by atoms with Crippen LogP contribution in [0.15, 0.2) is 24.3 Å². The maximum absolute atomic E-state index is 11.8. The lowest BCUT2D eigenvalue weighted by Gasteiger charge is -2.17. The molecule has 0 bridgehead atoms. The van der Waals surface area contributed by atoms with Gasteiger partial charge in [0.25, 0.3) is 0 Å². The summed E-state index contributed by atoms with van der Waals surface area (Å²) in [5.41, 5.74) is 0.603. The Labute approximate surface area is 141 Å². The van der Waals surface area contributed by atoms with E-state index in [1.807, 2.05) is 0 Å². The Morgan fingerprint density at radius 1 is 1.36 bits per heavy atom. The Hall–Kier alpha value is -1.34. The number of nitrogens with zero attached hydrogens (tertiary/aromatic N) is 1. The fourth-order valence-corrected chi connectivity index (χ4v) is 1.77. The van der Waals surface area contributed by atoms with E-state index >= 15 is 0 Å². The Bertz CT molecular complexity index is 486. The van der Waals surface area contributed by atoms with Gasteiger partial charge in [-0.2, -0.15) is 0 Å². The maximum atomic E-state index is 11.8. The van der Waals surface area contributed by atoms with Gasteiger partial charge in [0.1, 0.15) is 0 Å². The van der Waals surface area contributed by atoms with Gasteiger partial charge in [0, 0.05) is 31.4 Å². The molecule has 22 heavy (non-hydrogen) atoms. The highest BCUT2D eigenvalue weighted by Crippen LogP contribution is 2.14. The van der Waals surface area contributed by atoms with E-state index in [-0.39, 0.29) is 37.3 Å². The smallest absolute Gasteiger partial charge is 0.243 e. The summed E-state index contributed by atoms with van der Waals surface area (Å²) < 4.78 is 4.86. The second-order valence-electron chi connectivity index (χ2n) is 4.48. The number of halogens is 2. The molecule has 0 radical (unpaired) electrons. The topological polar surface area (TPSA) is 70.7 Å². The molecule has 6 nitrogen and oxygen atoms in total. The molecule has 1 rings (SSSR count). The van der Waals surface area contributed by atoms with Gasteiger partial charge in [-0.25, -0.2) is 0 Å². The number of carbonyl (C=O) groups excluding carboxylic acids is 2. The van der Waals surface area contributed by atoms with Crippen molar-refractivity contribution in [1.82, 2.24) is 10.2 Å². The molecule has 1 aromatic rings. The van der Waals surface area contributed by atoms with Crippen LogP contribution in [0.1, 0.15) is 0 Å². The van der Waals surface area contributed by atoms with E-state index < -0.39 is 0 Å². The second-order valence-corrected chi connectivity index (χ2v) is 4.91. The molecule has 0 fully saturated rings. The van der Waals surface area contributed by atoms with E-state index in [4.69, 9.17) is 16.3 Å². The molecule has 0 saturated heterocycles. The minimum Gasteiger partial charge on any atom is -0.383 e. The lowest BCUT2D eigenvalue weighted by molar-refractivity contribution is -0.132. The molecular weight excluding hydrogens is 329 g/mol. The van der Waals surface area contributed by atoms with Crippen LogP contribution in [-0.4, -0.2) is 57.1 Å². The highest BCUT2D eigenvalue weighted by molar-refractivity contribution is 6.30. The first-order valence-electron chi connectivity index (χ1n) is 6.52. The van der Waals surface area contributed by atoms with E-state index in [2.05, 4.69) is 10.6 Å². The number of nitrogens with one attached hydrogen (secondary N) is 2. The lowest BCUT2D eigenvalue weighted by Crippen LogP contribution is -2.40. The van der Waals surface area contributed by atoms with Crippen molar-refractivity contribution in [3.8, 4) is 0 Å². The minimum atomic E-state index is -0.273. The first-order chi connectivity index (χ1) is 10.0.